The van der Waals surface area contributed by atoms with Crippen molar-refractivity contribution in [3.8, 4) is 0 Å². The number of carbonyl (C=O) groups excluding carboxylic acids is 1. The lowest BCUT2D eigenvalue weighted by Crippen LogP contribution is -2.44. The summed E-state index contributed by atoms with van der Waals surface area (Å²) in [4.78, 5) is 17.9. The fourth-order valence-corrected chi connectivity index (χ4v) is 1.69. The third kappa shape index (κ3) is 2.35. The van der Waals surface area contributed by atoms with Crippen LogP contribution in [0, 0.1) is 0 Å². The zero-order valence-electron chi connectivity index (χ0n) is 9.22. The molecule has 2 rings (SSSR count). The van der Waals surface area contributed by atoms with Crippen molar-refractivity contribution in [2.45, 2.75) is 30.8 Å². The van der Waals surface area contributed by atoms with E-state index in [1.807, 2.05) is 0 Å². The van der Waals surface area contributed by atoms with Gasteiger partial charge < -0.3 is 36.1 Å². The second-order valence-electron chi connectivity index (χ2n) is 3.93. The quantitative estimate of drug-likeness (QED) is 0.313. The van der Waals surface area contributed by atoms with E-state index in [4.69, 9.17) is 15.6 Å². The average Bonchev–Trinajstić information content (AvgIpc) is 2.92. The number of hydrogen-bond acceptors (Lipinski definition) is 7. The number of hydrogen-bond donors (Lipinski definition) is 6. The van der Waals surface area contributed by atoms with E-state index in [-0.39, 0.29) is 5.69 Å². The van der Waals surface area contributed by atoms with Crippen molar-refractivity contribution in [1.29, 1.82) is 0 Å². The Labute approximate surface area is 102 Å². The van der Waals surface area contributed by atoms with Crippen molar-refractivity contribution in [3.05, 3.63) is 18.2 Å². The molecule has 1 amide bonds. The highest BCUT2D eigenvalue weighted by Crippen LogP contribution is 2.21. The fourth-order valence-electron chi connectivity index (χ4n) is 1.69. The van der Waals surface area contributed by atoms with E-state index < -0.39 is 36.7 Å². The maximum absolute atomic E-state index is 11.6. The molecule has 100 valence electrons. The minimum Gasteiger partial charge on any atom is -0.387 e. The summed E-state index contributed by atoms with van der Waals surface area (Å²) in [5, 5.41) is 30.7. The summed E-state index contributed by atoms with van der Waals surface area (Å²) in [5.74, 6) is -0.559. The molecule has 0 spiro atoms. The molecule has 5 atom stereocenters. The predicted octanol–water partition coefficient (Wildman–Crippen LogP) is -3.14. The maximum Gasteiger partial charge on any atom is 0.271 e. The summed E-state index contributed by atoms with van der Waals surface area (Å²) in [7, 11) is 0. The highest BCUT2D eigenvalue weighted by atomic mass is 16.6. The molecule has 7 N–H and O–H groups in total. The third-order valence-electron chi connectivity index (χ3n) is 2.65. The van der Waals surface area contributed by atoms with Gasteiger partial charge in [0.05, 0.1) is 12.5 Å². The number of aromatic nitrogens is 2. The second kappa shape index (κ2) is 5.00. The Bertz CT molecular complexity index is 409. The molecule has 1 aromatic heterocycles. The molecule has 1 saturated heterocycles. The summed E-state index contributed by atoms with van der Waals surface area (Å²) in [6.45, 7) is 0. The van der Waals surface area contributed by atoms with Gasteiger partial charge in [-0.25, -0.2) is 4.98 Å². The molecule has 1 aromatic rings. The van der Waals surface area contributed by atoms with Crippen LogP contribution in [0.3, 0.4) is 0 Å². The first kappa shape index (κ1) is 12.9. The number of aromatic amines is 1. The van der Waals surface area contributed by atoms with Crippen LogP contribution in [-0.4, -0.2) is 62.0 Å². The summed E-state index contributed by atoms with van der Waals surface area (Å²) in [6, 6.07) is 0. The predicted molar refractivity (Wildman–Crippen MR) is 56.9 cm³/mol. The van der Waals surface area contributed by atoms with Crippen LogP contribution in [0.5, 0.6) is 0 Å². The molecule has 1 fully saturated rings. The molecule has 0 aliphatic carbocycles. The number of ether oxygens (including phenoxy) is 1. The maximum atomic E-state index is 11.6. The van der Waals surface area contributed by atoms with Crippen LogP contribution in [0.4, 0.5) is 0 Å². The van der Waals surface area contributed by atoms with Gasteiger partial charge in [-0.05, 0) is 0 Å². The first-order valence-corrected chi connectivity index (χ1v) is 5.25. The number of nitrogens with zero attached hydrogens (tertiary/aromatic N) is 1. The third-order valence-corrected chi connectivity index (χ3v) is 2.65. The summed E-state index contributed by atoms with van der Waals surface area (Å²) < 4.78 is 5.07. The van der Waals surface area contributed by atoms with Crippen molar-refractivity contribution >= 4 is 5.91 Å². The molecule has 2 heterocycles. The monoisotopic (exact) mass is 258 g/mol. The molecule has 18 heavy (non-hydrogen) atoms. The standard InChI is InChI=1S/C9H14N4O5/c10-7(16)6-4(14)5(15)9(18-6)13-8(17)3-1-11-2-12-3/h1-2,4-7,9,14-16H,10H2,(H,11,12)(H,13,17)/t4-,5+,6-,7?,9?/m0/s1. The number of aliphatic hydroxyl groups excluding tert-OH is 3. The van der Waals surface area contributed by atoms with Crippen molar-refractivity contribution in [3.63, 3.8) is 0 Å². The zero-order chi connectivity index (χ0) is 13.3. The summed E-state index contributed by atoms with van der Waals surface area (Å²) in [5.41, 5.74) is 5.35. The average molecular weight is 258 g/mol. The lowest BCUT2D eigenvalue weighted by molar-refractivity contribution is -0.0673. The van der Waals surface area contributed by atoms with E-state index in [0.717, 1.165) is 0 Å². The first-order chi connectivity index (χ1) is 8.50. The summed E-state index contributed by atoms with van der Waals surface area (Å²) in [6.07, 6.45) is -3.91. The van der Waals surface area contributed by atoms with Gasteiger partial charge in [0.1, 0.15) is 30.2 Å². The van der Waals surface area contributed by atoms with Crippen molar-refractivity contribution in [2.75, 3.05) is 0 Å². The van der Waals surface area contributed by atoms with Crippen LogP contribution >= 0.6 is 0 Å². The van der Waals surface area contributed by atoms with Gasteiger partial charge in [-0.2, -0.15) is 0 Å². The topological polar surface area (TPSA) is 154 Å². The minimum atomic E-state index is -1.45. The molecule has 2 unspecified atom stereocenters. The van der Waals surface area contributed by atoms with Crippen LogP contribution in [0.25, 0.3) is 0 Å². The smallest absolute Gasteiger partial charge is 0.271 e. The van der Waals surface area contributed by atoms with Crippen molar-refractivity contribution in [1.82, 2.24) is 15.3 Å². The summed E-state index contributed by atoms with van der Waals surface area (Å²) >= 11 is 0. The number of nitrogens with one attached hydrogen (secondary N) is 2. The Morgan fingerprint density at radius 1 is 1.56 bits per heavy atom. The molecule has 1 aliphatic heterocycles. The lowest BCUT2D eigenvalue weighted by atomic mass is 10.1. The molecule has 0 radical (unpaired) electrons. The molecule has 9 heteroatoms. The minimum absolute atomic E-state index is 0.178. The highest BCUT2D eigenvalue weighted by Gasteiger charge is 2.45. The van der Waals surface area contributed by atoms with Crippen LogP contribution in [-0.2, 0) is 4.74 Å². The van der Waals surface area contributed by atoms with E-state index >= 15 is 0 Å². The Morgan fingerprint density at radius 3 is 2.78 bits per heavy atom. The molecule has 0 aromatic carbocycles. The molecule has 1 aliphatic rings. The Hall–Kier alpha value is -1.52. The number of carbonyl (C=O) groups is 1. The van der Waals surface area contributed by atoms with Crippen molar-refractivity contribution < 1.29 is 24.9 Å². The highest BCUT2D eigenvalue weighted by molar-refractivity contribution is 5.92. The van der Waals surface area contributed by atoms with Gasteiger partial charge >= 0.3 is 0 Å². The van der Waals surface area contributed by atoms with Crippen LogP contribution in [0.1, 0.15) is 10.5 Å². The van der Waals surface area contributed by atoms with E-state index in [0.29, 0.717) is 0 Å². The van der Waals surface area contributed by atoms with Crippen LogP contribution < -0.4 is 11.1 Å². The SMILES string of the molecule is NC(O)[C@H]1OC(NC(=O)c2cnc[nH]2)[C@H](O)[C@@H]1O. The molecule has 0 bridgehead atoms. The number of imidazole rings is 1. The molecule has 0 saturated carbocycles. The van der Waals surface area contributed by atoms with Crippen molar-refractivity contribution in [2.24, 2.45) is 5.73 Å². The number of amides is 1. The zero-order valence-corrected chi connectivity index (χ0v) is 9.22. The fraction of sp³-hybridized carbons (Fsp3) is 0.556. The normalized spacial score (nSPS) is 33.3. The molecular weight excluding hydrogens is 244 g/mol. The van der Waals surface area contributed by atoms with Gasteiger partial charge in [-0.1, -0.05) is 0 Å². The Kier molecular flexibility index (Phi) is 3.59. The van der Waals surface area contributed by atoms with Crippen LogP contribution in [0.2, 0.25) is 0 Å². The van der Waals surface area contributed by atoms with Gasteiger partial charge in [0, 0.05) is 0 Å². The van der Waals surface area contributed by atoms with Crippen LogP contribution in [0.15, 0.2) is 12.5 Å². The van der Waals surface area contributed by atoms with E-state index in [2.05, 4.69) is 15.3 Å². The Morgan fingerprint density at radius 2 is 2.28 bits per heavy atom. The second-order valence-corrected chi connectivity index (χ2v) is 3.93. The number of aliphatic hydroxyl groups is 3. The first-order valence-electron chi connectivity index (χ1n) is 5.25. The number of nitrogens with two attached hydrogens (primary N) is 1. The van der Waals surface area contributed by atoms with E-state index in [9.17, 15) is 15.0 Å². The van der Waals surface area contributed by atoms with Gasteiger partial charge in [-0.3, -0.25) is 4.79 Å². The van der Waals surface area contributed by atoms with Gasteiger partial charge in [0.25, 0.3) is 5.91 Å². The Balaban J connectivity index is 2.00. The van der Waals surface area contributed by atoms with Gasteiger partial charge in [0.2, 0.25) is 0 Å². The van der Waals surface area contributed by atoms with Gasteiger partial charge in [-0.15, -0.1) is 0 Å². The number of H-pyrrole nitrogens is 1. The lowest BCUT2D eigenvalue weighted by Gasteiger charge is -2.16. The van der Waals surface area contributed by atoms with E-state index in [1.54, 1.807) is 0 Å². The van der Waals surface area contributed by atoms with E-state index in [1.165, 1.54) is 12.5 Å². The molecule has 9 nitrogen and oxygen atoms in total. The number of rotatable bonds is 3. The van der Waals surface area contributed by atoms with Gasteiger partial charge in [0.15, 0.2) is 6.23 Å². The largest absolute Gasteiger partial charge is 0.387 e. The molecular formula is C9H14N4O5.